The second-order valence-electron chi connectivity index (χ2n) is 8.01. The maximum atomic E-state index is 4.37. The van der Waals surface area contributed by atoms with Gasteiger partial charge in [-0.15, -0.1) is 0 Å². The summed E-state index contributed by atoms with van der Waals surface area (Å²) in [5.74, 6) is 3.44. The quantitative estimate of drug-likeness (QED) is 0.598. The minimum Gasteiger partial charge on any atom is -0.311 e. The molecule has 2 aliphatic rings. The van der Waals surface area contributed by atoms with E-state index in [-0.39, 0.29) is 0 Å². The molecular weight excluding hydrogens is 266 g/mol. The van der Waals surface area contributed by atoms with Crippen molar-refractivity contribution >= 4 is 0 Å². The van der Waals surface area contributed by atoms with Crippen molar-refractivity contribution in [3.63, 3.8) is 0 Å². The number of rotatable bonds is 6. The Balaban J connectivity index is 2.02. The van der Waals surface area contributed by atoms with Gasteiger partial charge in [0.15, 0.2) is 0 Å². The number of hydrogen-bond donors (Lipinski definition) is 1. The van der Waals surface area contributed by atoms with E-state index in [1.807, 2.05) is 0 Å². The first kappa shape index (κ1) is 18.0. The molecule has 1 N–H and O–H groups in total. The van der Waals surface area contributed by atoms with Crippen molar-refractivity contribution in [2.75, 3.05) is 0 Å². The fraction of sp³-hybridized carbons (Fsp3) is 0.905. The van der Waals surface area contributed by atoms with Crippen LogP contribution in [-0.4, -0.2) is 12.1 Å². The SMILES string of the molecule is C=C1CC(CC)C(NC2CC(CC)CCC2CC)CC1CC. The zero-order valence-electron chi connectivity index (χ0n) is 15.5. The third-order valence-electron chi connectivity index (χ3n) is 6.86. The van der Waals surface area contributed by atoms with Gasteiger partial charge in [0.05, 0.1) is 0 Å². The van der Waals surface area contributed by atoms with Crippen LogP contribution in [0.4, 0.5) is 0 Å². The molecule has 0 aromatic rings. The Morgan fingerprint density at radius 1 is 0.864 bits per heavy atom. The van der Waals surface area contributed by atoms with Gasteiger partial charge in [0.1, 0.15) is 0 Å². The van der Waals surface area contributed by atoms with Crippen molar-refractivity contribution in [1.82, 2.24) is 5.32 Å². The molecule has 0 radical (unpaired) electrons. The Labute approximate surface area is 139 Å². The fourth-order valence-corrected chi connectivity index (χ4v) is 5.06. The summed E-state index contributed by atoms with van der Waals surface area (Å²) >= 11 is 0. The predicted octanol–water partition coefficient (Wildman–Crippen LogP) is 5.95. The van der Waals surface area contributed by atoms with E-state index < -0.39 is 0 Å². The molecule has 0 bridgehead atoms. The Kier molecular flexibility index (Phi) is 6.99. The van der Waals surface area contributed by atoms with E-state index in [2.05, 4.69) is 39.6 Å². The average molecular weight is 306 g/mol. The summed E-state index contributed by atoms with van der Waals surface area (Å²) in [4.78, 5) is 0. The zero-order chi connectivity index (χ0) is 16.1. The van der Waals surface area contributed by atoms with E-state index in [1.54, 1.807) is 0 Å². The van der Waals surface area contributed by atoms with E-state index in [9.17, 15) is 0 Å². The van der Waals surface area contributed by atoms with Gasteiger partial charge in [-0.05, 0) is 55.8 Å². The Hall–Kier alpha value is -0.300. The van der Waals surface area contributed by atoms with Crippen LogP contribution in [0.15, 0.2) is 12.2 Å². The van der Waals surface area contributed by atoms with Gasteiger partial charge in [-0.25, -0.2) is 0 Å². The Bertz CT molecular complexity index is 348. The van der Waals surface area contributed by atoms with Crippen LogP contribution in [0, 0.1) is 23.7 Å². The molecule has 6 unspecified atom stereocenters. The van der Waals surface area contributed by atoms with Gasteiger partial charge in [-0.1, -0.05) is 65.5 Å². The predicted molar refractivity (Wildman–Crippen MR) is 98.1 cm³/mol. The van der Waals surface area contributed by atoms with E-state index in [4.69, 9.17) is 0 Å². The normalized spacial score (nSPS) is 39.9. The minimum absolute atomic E-state index is 0.732. The molecule has 0 aromatic carbocycles. The molecule has 0 aromatic heterocycles. The lowest BCUT2D eigenvalue weighted by molar-refractivity contribution is 0.147. The van der Waals surface area contributed by atoms with Gasteiger partial charge in [-0.3, -0.25) is 0 Å². The Morgan fingerprint density at radius 2 is 1.55 bits per heavy atom. The van der Waals surface area contributed by atoms with Gasteiger partial charge in [0.2, 0.25) is 0 Å². The molecule has 1 heteroatoms. The monoisotopic (exact) mass is 305 g/mol. The molecule has 2 rings (SSSR count). The standard InChI is InChI=1S/C21H39N/c1-6-16-10-11-17(7-2)20(13-16)22-21-14-18(8-3)15(5)12-19(21)9-4/h16-22H,5-14H2,1-4H3. The molecule has 2 fully saturated rings. The molecule has 22 heavy (non-hydrogen) atoms. The molecule has 2 saturated carbocycles. The number of hydrogen-bond acceptors (Lipinski definition) is 1. The van der Waals surface area contributed by atoms with Gasteiger partial charge in [-0.2, -0.15) is 0 Å². The number of nitrogens with one attached hydrogen (secondary N) is 1. The molecule has 0 spiro atoms. The first-order valence-corrected chi connectivity index (χ1v) is 10.1. The van der Waals surface area contributed by atoms with E-state index in [0.29, 0.717) is 0 Å². The van der Waals surface area contributed by atoms with Crippen LogP contribution in [-0.2, 0) is 0 Å². The molecule has 1 nitrogen and oxygen atoms in total. The third kappa shape index (κ3) is 4.16. The highest BCUT2D eigenvalue weighted by Crippen LogP contribution is 2.39. The van der Waals surface area contributed by atoms with Gasteiger partial charge in [0, 0.05) is 12.1 Å². The third-order valence-corrected chi connectivity index (χ3v) is 6.86. The first-order chi connectivity index (χ1) is 10.6. The minimum atomic E-state index is 0.732. The van der Waals surface area contributed by atoms with Crippen molar-refractivity contribution < 1.29 is 0 Å². The fourth-order valence-electron chi connectivity index (χ4n) is 5.06. The summed E-state index contributed by atoms with van der Waals surface area (Å²) in [6, 6.07) is 1.50. The summed E-state index contributed by atoms with van der Waals surface area (Å²) < 4.78 is 0. The summed E-state index contributed by atoms with van der Waals surface area (Å²) in [7, 11) is 0. The average Bonchev–Trinajstić information content (AvgIpc) is 2.55. The summed E-state index contributed by atoms with van der Waals surface area (Å²) in [6.07, 6.45) is 12.2. The highest BCUT2D eigenvalue weighted by molar-refractivity contribution is 5.09. The van der Waals surface area contributed by atoms with E-state index in [1.165, 1.54) is 63.4 Å². The van der Waals surface area contributed by atoms with Gasteiger partial charge < -0.3 is 5.32 Å². The molecule has 0 saturated heterocycles. The summed E-state index contributed by atoms with van der Waals surface area (Å²) in [6.45, 7) is 13.8. The maximum absolute atomic E-state index is 4.37. The first-order valence-electron chi connectivity index (χ1n) is 10.1. The van der Waals surface area contributed by atoms with Crippen molar-refractivity contribution in [2.45, 2.75) is 97.6 Å². The van der Waals surface area contributed by atoms with E-state index >= 15 is 0 Å². The smallest absolute Gasteiger partial charge is 0.0107 e. The highest BCUT2D eigenvalue weighted by Gasteiger charge is 2.35. The van der Waals surface area contributed by atoms with Crippen LogP contribution < -0.4 is 5.32 Å². The lowest BCUT2D eigenvalue weighted by Gasteiger charge is -2.44. The topological polar surface area (TPSA) is 12.0 Å². The van der Waals surface area contributed by atoms with Crippen LogP contribution in [0.5, 0.6) is 0 Å². The molecule has 2 aliphatic carbocycles. The van der Waals surface area contributed by atoms with Crippen molar-refractivity contribution in [3.8, 4) is 0 Å². The second-order valence-corrected chi connectivity index (χ2v) is 8.01. The summed E-state index contributed by atoms with van der Waals surface area (Å²) in [5, 5.41) is 4.17. The van der Waals surface area contributed by atoms with Crippen LogP contribution in [0.2, 0.25) is 0 Å². The Morgan fingerprint density at radius 3 is 2.14 bits per heavy atom. The van der Waals surface area contributed by atoms with Crippen LogP contribution in [0.25, 0.3) is 0 Å². The summed E-state index contributed by atoms with van der Waals surface area (Å²) in [5.41, 5.74) is 1.52. The van der Waals surface area contributed by atoms with Crippen molar-refractivity contribution in [1.29, 1.82) is 0 Å². The zero-order valence-corrected chi connectivity index (χ0v) is 15.5. The van der Waals surface area contributed by atoms with Crippen molar-refractivity contribution in [2.24, 2.45) is 23.7 Å². The highest BCUT2D eigenvalue weighted by atomic mass is 15.0. The lowest BCUT2D eigenvalue weighted by Crippen LogP contribution is -2.50. The largest absolute Gasteiger partial charge is 0.311 e. The van der Waals surface area contributed by atoms with Crippen LogP contribution in [0.1, 0.15) is 85.5 Å². The van der Waals surface area contributed by atoms with Gasteiger partial charge >= 0.3 is 0 Å². The van der Waals surface area contributed by atoms with E-state index in [0.717, 1.165) is 35.8 Å². The van der Waals surface area contributed by atoms with Gasteiger partial charge in [0.25, 0.3) is 0 Å². The van der Waals surface area contributed by atoms with Crippen LogP contribution >= 0.6 is 0 Å². The maximum Gasteiger partial charge on any atom is 0.0107 e. The molecule has 0 heterocycles. The van der Waals surface area contributed by atoms with Crippen molar-refractivity contribution in [3.05, 3.63) is 12.2 Å². The lowest BCUT2D eigenvalue weighted by atomic mass is 9.71. The molecule has 128 valence electrons. The second kappa shape index (κ2) is 8.52. The number of allylic oxidation sites excluding steroid dienone is 1. The molecule has 0 amide bonds. The molecular formula is C21H39N. The molecule has 6 atom stereocenters. The molecule has 0 aliphatic heterocycles. The van der Waals surface area contributed by atoms with Crippen LogP contribution in [0.3, 0.4) is 0 Å².